The van der Waals surface area contributed by atoms with Crippen molar-refractivity contribution in [3.05, 3.63) is 41.0 Å². The van der Waals surface area contributed by atoms with Gasteiger partial charge in [0.25, 0.3) is 0 Å². The fourth-order valence-corrected chi connectivity index (χ4v) is 1.62. The van der Waals surface area contributed by atoms with Crippen LogP contribution in [0.25, 0.3) is 11.3 Å². The average molecular weight is 246 g/mol. The number of nitrogens with zero attached hydrogens (tertiary/aromatic N) is 1. The summed E-state index contributed by atoms with van der Waals surface area (Å²) in [7, 11) is 0. The number of ether oxygens (including phenoxy) is 1. The molecule has 0 unspecified atom stereocenters. The molecule has 0 aliphatic rings. The zero-order valence-corrected chi connectivity index (χ0v) is 10.5. The molecule has 0 spiro atoms. The van der Waals surface area contributed by atoms with Crippen molar-refractivity contribution in [2.24, 2.45) is 0 Å². The first-order valence-electron chi connectivity index (χ1n) is 5.59. The smallest absolute Gasteiger partial charge is 0.128 e. The number of H-pyrrole nitrogens is 1. The lowest BCUT2D eigenvalue weighted by atomic mass is 10.1. The molecule has 0 atom stereocenters. The van der Waals surface area contributed by atoms with Crippen LogP contribution in [0.15, 0.2) is 36.4 Å². The Labute approximate surface area is 105 Å². The number of nitrogens with one attached hydrogen (secondary N) is 1. The quantitative estimate of drug-likeness (QED) is 0.838. The molecule has 0 aliphatic carbocycles. The maximum Gasteiger partial charge on any atom is 0.128 e. The lowest BCUT2D eigenvalue weighted by molar-refractivity contribution is 0.318. The van der Waals surface area contributed by atoms with Crippen molar-refractivity contribution in [2.75, 3.05) is 6.61 Å². The van der Waals surface area contributed by atoms with Crippen LogP contribution in [0.4, 0.5) is 0 Å². The highest BCUT2D eigenvalue weighted by atomic mass is 32.1. The van der Waals surface area contributed by atoms with E-state index in [-0.39, 0.29) is 0 Å². The number of para-hydroxylation sites is 1. The molecule has 1 N–H and O–H groups in total. The van der Waals surface area contributed by atoms with E-state index >= 15 is 0 Å². The molecule has 0 radical (unpaired) electrons. The standard InChI is InChI=1S/C13H14N2OS/c1-2-9-16-12-6-4-3-5-10(12)11-7-8-13(17)15-14-11/h3-8H,2,9H2,1H3,(H,15,17). The van der Waals surface area contributed by atoms with Crippen molar-refractivity contribution in [3.63, 3.8) is 0 Å². The molecule has 0 saturated carbocycles. The van der Waals surface area contributed by atoms with E-state index < -0.39 is 0 Å². The molecule has 17 heavy (non-hydrogen) atoms. The van der Waals surface area contributed by atoms with Gasteiger partial charge in [0.1, 0.15) is 10.4 Å². The normalized spacial score (nSPS) is 10.2. The van der Waals surface area contributed by atoms with Gasteiger partial charge in [-0.05, 0) is 30.7 Å². The van der Waals surface area contributed by atoms with Gasteiger partial charge in [-0.2, -0.15) is 5.10 Å². The highest BCUT2D eigenvalue weighted by Gasteiger charge is 2.06. The SMILES string of the molecule is CCCOc1ccccc1-c1ccc(=S)[nH]n1. The molecular formula is C13H14N2OS. The van der Waals surface area contributed by atoms with Crippen molar-refractivity contribution in [2.45, 2.75) is 13.3 Å². The topological polar surface area (TPSA) is 37.9 Å². The first-order valence-corrected chi connectivity index (χ1v) is 6.00. The predicted octanol–water partition coefficient (Wildman–Crippen LogP) is 3.59. The molecule has 4 heteroatoms. The third kappa shape index (κ3) is 2.91. The summed E-state index contributed by atoms with van der Waals surface area (Å²) in [5, 5.41) is 7.00. The van der Waals surface area contributed by atoms with E-state index in [1.54, 1.807) is 0 Å². The first-order chi connectivity index (χ1) is 8.31. The molecule has 2 rings (SSSR count). The van der Waals surface area contributed by atoms with Crippen LogP contribution in [-0.2, 0) is 0 Å². The summed E-state index contributed by atoms with van der Waals surface area (Å²) >= 11 is 4.98. The first kappa shape index (κ1) is 11.8. The molecule has 0 fully saturated rings. The number of aromatic nitrogens is 2. The van der Waals surface area contributed by atoms with Gasteiger partial charge in [-0.15, -0.1) is 0 Å². The van der Waals surface area contributed by atoms with Gasteiger partial charge < -0.3 is 4.74 Å². The Morgan fingerprint density at radius 1 is 1.24 bits per heavy atom. The Hall–Kier alpha value is -1.68. The fourth-order valence-electron chi connectivity index (χ4n) is 1.51. The van der Waals surface area contributed by atoms with E-state index in [1.807, 2.05) is 36.4 Å². The van der Waals surface area contributed by atoms with Gasteiger partial charge in [0, 0.05) is 5.56 Å². The summed E-state index contributed by atoms with van der Waals surface area (Å²) in [5.74, 6) is 0.854. The predicted molar refractivity (Wildman–Crippen MR) is 70.6 cm³/mol. The van der Waals surface area contributed by atoms with Gasteiger partial charge in [-0.1, -0.05) is 31.3 Å². The summed E-state index contributed by atoms with van der Waals surface area (Å²) in [6, 6.07) is 11.6. The zero-order chi connectivity index (χ0) is 12.1. The number of rotatable bonds is 4. The summed E-state index contributed by atoms with van der Waals surface area (Å²) in [4.78, 5) is 0. The zero-order valence-electron chi connectivity index (χ0n) is 9.64. The maximum atomic E-state index is 5.69. The van der Waals surface area contributed by atoms with Crippen molar-refractivity contribution in [1.82, 2.24) is 10.2 Å². The van der Waals surface area contributed by atoms with Crippen LogP contribution in [0, 0.1) is 4.64 Å². The second-order valence-corrected chi connectivity index (χ2v) is 4.09. The monoisotopic (exact) mass is 246 g/mol. The summed E-state index contributed by atoms with van der Waals surface area (Å²) in [5.41, 5.74) is 1.82. The number of aromatic amines is 1. The molecule has 1 aromatic heterocycles. The molecule has 0 amide bonds. The summed E-state index contributed by atoms with van der Waals surface area (Å²) < 4.78 is 6.32. The number of benzene rings is 1. The number of hydrogen-bond acceptors (Lipinski definition) is 3. The van der Waals surface area contributed by atoms with Gasteiger partial charge in [0.15, 0.2) is 0 Å². The molecule has 0 saturated heterocycles. The number of hydrogen-bond donors (Lipinski definition) is 1. The molecule has 88 valence electrons. The van der Waals surface area contributed by atoms with Crippen LogP contribution in [0.5, 0.6) is 5.75 Å². The molecule has 0 bridgehead atoms. The van der Waals surface area contributed by atoms with Crippen LogP contribution in [0.3, 0.4) is 0 Å². The van der Waals surface area contributed by atoms with Crippen LogP contribution >= 0.6 is 12.2 Å². The molecule has 1 heterocycles. The van der Waals surface area contributed by atoms with E-state index in [0.29, 0.717) is 11.2 Å². The van der Waals surface area contributed by atoms with E-state index in [9.17, 15) is 0 Å². The lowest BCUT2D eigenvalue weighted by Gasteiger charge is -2.09. The van der Waals surface area contributed by atoms with Crippen molar-refractivity contribution >= 4 is 12.2 Å². The van der Waals surface area contributed by atoms with E-state index in [1.165, 1.54) is 0 Å². The van der Waals surface area contributed by atoms with Crippen LogP contribution < -0.4 is 4.74 Å². The Balaban J connectivity index is 2.37. The van der Waals surface area contributed by atoms with Gasteiger partial charge >= 0.3 is 0 Å². The molecule has 1 aromatic carbocycles. The van der Waals surface area contributed by atoms with Crippen LogP contribution in [0.2, 0.25) is 0 Å². The highest BCUT2D eigenvalue weighted by Crippen LogP contribution is 2.27. The molecule has 2 aromatic rings. The van der Waals surface area contributed by atoms with Crippen LogP contribution in [-0.4, -0.2) is 16.8 Å². The Morgan fingerprint density at radius 2 is 2.06 bits per heavy atom. The van der Waals surface area contributed by atoms with Gasteiger partial charge in [-0.25, -0.2) is 0 Å². The van der Waals surface area contributed by atoms with E-state index in [0.717, 1.165) is 23.4 Å². The minimum Gasteiger partial charge on any atom is -0.493 e. The van der Waals surface area contributed by atoms with Gasteiger partial charge in [-0.3, -0.25) is 5.10 Å². The third-order valence-electron chi connectivity index (χ3n) is 2.30. The minimum absolute atomic E-state index is 0.626. The average Bonchev–Trinajstić information content (AvgIpc) is 2.38. The van der Waals surface area contributed by atoms with Crippen molar-refractivity contribution in [3.8, 4) is 17.0 Å². The second kappa shape index (κ2) is 5.59. The summed E-state index contributed by atoms with van der Waals surface area (Å²) in [6.07, 6.45) is 0.985. The highest BCUT2D eigenvalue weighted by molar-refractivity contribution is 7.71. The lowest BCUT2D eigenvalue weighted by Crippen LogP contribution is -1.97. The van der Waals surface area contributed by atoms with E-state index in [2.05, 4.69) is 17.1 Å². The van der Waals surface area contributed by atoms with Gasteiger partial charge in [0.05, 0.1) is 12.3 Å². The third-order valence-corrected chi connectivity index (χ3v) is 2.53. The molecule has 0 aliphatic heterocycles. The Bertz CT molecular complexity index is 531. The second-order valence-electron chi connectivity index (χ2n) is 3.65. The largest absolute Gasteiger partial charge is 0.493 e. The summed E-state index contributed by atoms with van der Waals surface area (Å²) in [6.45, 7) is 2.79. The van der Waals surface area contributed by atoms with Crippen molar-refractivity contribution < 1.29 is 4.74 Å². The van der Waals surface area contributed by atoms with E-state index in [4.69, 9.17) is 17.0 Å². The molecular weight excluding hydrogens is 232 g/mol. The van der Waals surface area contributed by atoms with Crippen molar-refractivity contribution in [1.29, 1.82) is 0 Å². The van der Waals surface area contributed by atoms with Crippen LogP contribution in [0.1, 0.15) is 13.3 Å². The van der Waals surface area contributed by atoms with Gasteiger partial charge in [0.2, 0.25) is 0 Å². The maximum absolute atomic E-state index is 5.69. The fraction of sp³-hybridized carbons (Fsp3) is 0.231. The Kier molecular flexibility index (Phi) is 3.88. The Morgan fingerprint density at radius 3 is 2.76 bits per heavy atom. The minimum atomic E-state index is 0.626. The molecule has 3 nitrogen and oxygen atoms in total.